The molecule has 208 valence electrons. The number of rotatable bonds is 12. The molecule has 0 saturated heterocycles. The van der Waals surface area contributed by atoms with Gasteiger partial charge in [0.15, 0.2) is 0 Å². The smallest absolute Gasteiger partial charge is 0.264 e. The maximum absolute atomic E-state index is 13.9. The van der Waals surface area contributed by atoms with Crippen LogP contribution in [-0.2, 0) is 26.2 Å². The molecule has 10 heteroatoms. The van der Waals surface area contributed by atoms with Crippen LogP contribution in [0.15, 0.2) is 77.7 Å². The molecule has 0 unspecified atom stereocenters. The van der Waals surface area contributed by atoms with Crippen molar-refractivity contribution < 1.29 is 22.7 Å². The van der Waals surface area contributed by atoms with Crippen LogP contribution in [0.1, 0.15) is 31.4 Å². The predicted octanol–water partition coefficient (Wildman–Crippen LogP) is 4.80. The topological polar surface area (TPSA) is 96.0 Å². The number of nitrogens with zero attached hydrogens (tertiary/aromatic N) is 2. The molecular weight excluding hydrogens is 538 g/mol. The van der Waals surface area contributed by atoms with Gasteiger partial charge in [-0.3, -0.25) is 13.9 Å². The zero-order valence-electron chi connectivity index (χ0n) is 22.6. The molecule has 0 aliphatic rings. The highest BCUT2D eigenvalue weighted by molar-refractivity contribution is 7.92. The summed E-state index contributed by atoms with van der Waals surface area (Å²) in [5, 5.41) is 3.15. The van der Waals surface area contributed by atoms with E-state index in [9.17, 15) is 18.0 Å². The maximum Gasteiger partial charge on any atom is 0.264 e. The summed E-state index contributed by atoms with van der Waals surface area (Å²) < 4.78 is 33.9. The summed E-state index contributed by atoms with van der Waals surface area (Å²) in [5.74, 6) is -0.351. The largest absolute Gasteiger partial charge is 0.497 e. The van der Waals surface area contributed by atoms with E-state index in [0.29, 0.717) is 17.3 Å². The zero-order chi connectivity index (χ0) is 28.6. The molecule has 8 nitrogen and oxygen atoms in total. The van der Waals surface area contributed by atoms with E-state index in [1.807, 2.05) is 38.1 Å². The van der Waals surface area contributed by atoms with E-state index < -0.39 is 28.5 Å². The van der Waals surface area contributed by atoms with Crippen molar-refractivity contribution in [2.24, 2.45) is 0 Å². The Hall–Kier alpha value is -3.56. The third-order valence-corrected chi connectivity index (χ3v) is 8.36. The zero-order valence-corrected chi connectivity index (χ0v) is 24.1. The number of halogens is 1. The Labute approximate surface area is 235 Å². The Kier molecular flexibility index (Phi) is 10.4. The number of benzene rings is 3. The van der Waals surface area contributed by atoms with Crippen LogP contribution in [-0.4, -0.2) is 51.4 Å². The first kappa shape index (κ1) is 30.0. The lowest BCUT2D eigenvalue weighted by Gasteiger charge is -2.32. The Bertz CT molecular complexity index is 1400. The fraction of sp³-hybridized carbons (Fsp3) is 0.310. The van der Waals surface area contributed by atoms with Crippen molar-refractivity contribution >= 4 is 39.1 Å². The lowest BCUT2D eigenvalue weighted by atomic mass is 10.1. The van der Waals surface area contributed by atoms with Crippen molar-refractivity contribution in [2.75, 3.05) is 24.5 Å². The van der Waals surface area contributed by atoms with Crippen LogP contribution in [0, 0.1) is 6.92 Å². The van der Waals surface area contributed by atoms with Gasteiger partial charge in [0, 0.05) is 18.1 Å². The Balaban J connectivity index is 2.03. The second-order valence-electron chi connectivity index (χ2n) is 9.08. The monoisotopic (exact) mass is 571 g/mol. The van der Waals surface area contributed by atoms with Crippen LogP contribution in [0.25, 0.3) is 0 Å². The van der Waals surface area contributed by atoms with Crippen LogP contribution in [0.5, 0.6) is 5.75 Å². The lowest BCUT2D eigenvalue weighted by Crippen LogP contribution is -2.51. The molecule has 0 fully saturated rings. The van der Waals surface area contributed by atoms with E-state index in [-0.39, 0.29) is 23.0 Å². The first-order valence-electron chi connectivity index (χ1n) is 12.6. The van der Waals surface area contributed by atoms with E-state index in [1.54, 1.807) is 25.1 Å². The Morgan fingerprint density at radius 2 is 1.72 bits per heavy atom. The molecule has 1 N–H and O–H groups in total. The number of nitrogens with one attached hydrogen (secondary N) is 1. The molecule has 0 radical (unpaired) electrons. The van der Waals surface area contributed by atoms with Gasteiger partial charge in [-0.15, -0.1) is 0 Å². The molecule has 0 saturated carbocycles. The third kappa shape index (κ3) is 7.52. The number of sulfonamides is 1. The standard InChI is InChI=1S/C29H34ClN3O5S/c1-5-17-31-29(35)22(3)32(19-23-10-7-6-9-21(23)2)28(34)20-33(25-12-8-11-24(30)18-25)39(36,37)27-15-13-26(38-4)14-16-27/h6-16,18,22H,5,17,19-20H2,1-4H3,(H,31,35)/t22-/m1/s1. The van der Waals surface area contributed by atoms with Crippen molar-refractivity contribution in [1.29, 1.82) is 0 Å². The Morgan fingerprint density at radius 3 is 2.33 bits per heavy atom. The van der Waals surface area contributed by atoms with Crippen molar-refractivity contribution in [3.05, 3.63) is 88.9 Å². The molecule has 0 aliphatic carbocycles. The van der Waals surface area contributed by atoms with Gasteiger partial charge in [-0.1, -0.05) is 48.9 Å². The van der Waals surface area contributed by atoms with Crippen molar-refractivity contribution in [3.63, 3.8) is 0 Å². The summed E-state index contributed by atoms with van der Waals surface area (Å²) in [6.45, 7) is 5.57. The summed E-state index contributed by atoms with van der Waals surface area (Å²) in [5.41, 5.74) is 2.04. The van der Waals surface area contributed by atoms with Gasteiger partial charge in [-0.05, 0) is 73.9 Å². The maximum atomic E-state index is 13.9. The van der Waals surface area contributed by atoms with Crippen LogP contribution < -0.4 is 14.4 Å². The highest BCUT2D eigenvalue weighted by Crippen LogP contribution is 2.28. The summed E-state index contributed by atoms with van der Waals surface area (Å²) in [6.07, 6.45) is 0.743. The quantitative estimate of drug-likeness (QED) is 0.337. The Morgan fingerprint density at radius 1 is 1.03 bits per heavy atom. The second-order valence-corrected chi connectivity index (χ2v) is 11.4. The van der Waals surface area contributed by atoms with Gasteiger partial charge >= 0.3 is 0 Å². The highest BCUT2D eigenvalue weighted by atomic mass is 35.5. The fourth-order valence-electron chi connectivity index (χ4n) is 3.98. The number of amides is 2. The third-order valence-electron chi connectivity index (χ3n) is 6.34. The first-order valence-corrected chi connectivity index (χ1v) is 14.4. The van der Waals surface area contributed by atoms with Crippen LogP contribution >= 0.6 is 11.6 Å². The SMILES string of the molecule is CCCNC(=O)[C@@H](C)N(Cc1ccccc1C)C(=O)CN(c1cccc(Cl)c1)S(=O)(=O)c1ccc(OC)cc1. The number of carbonyl (C=O) groups is 2. The number of methoxy groups -OCH3 is 1. The summed E-state index contributed by atoms with van der Waals surface area (Å²) in [4.78, 5) is 28.2. The number of aryl methyl sites for hydroxylation is 1. The van der Waals surface area contributed by atoms with E-state index in [2.05, 4.69) is 5.32 Å². The van der Waals surface area contributed by atoms with E-state index in [1.165, 1.54) is 42.3 Å². The van der Waals surface area contributed by atoms with Gasteiger partial charge in [0.2, 0.25) is 11.8 Å². The highest BCUT2D eigenvalue weighted by Gasteiger charge is 2.32. The minimum Gasteiger partial charge on any atom is -0.497 e. The lowest BCUT2D eigenvalue weighted by molar-refractivity contribution is -0.139. The molecule has 3 rings (SSSR count). The number of hydrogen-bond acceptors (Lipinski definition) is 5. The van der Waals surface area contributed by atoms with E-state index in [4.69, 9.17) is 16.3 Å². The number of hydrogen-bond donors (Lipinski definition) is 1. The normalized spacial score (nSPS) is 11.9. The molecule has 0 heterocycles. The second kappa shape index (κ2) is 13.5. The molecular formula is C29H34ClN3O5S. The van der Waals surface area contributed by atoms with Crippen molar-refractivity contribution in [1.82, 2.24) is 10.2 Å². The van der Waals surface area contributed by atoms with Crippen LogP contribution in [0.2, 0.25) is 5.02 Å². The predicted molar refractivity (Wildman–Crippen MR) is 153 cm³/mol. The summed E-state index contributed by atoms with van der Waals surface area (Å²) in [6, 6.07) is 18.9. The van der Waals surface area contributed by atoms with Gasteiger partial charge < -0.3 is 15.0 Å². The molecule has 3 aromatic carbocycles. The van der Waals surface area contributed by atoms with Crippen molar-refractivity contribution in [2.45, 2.75) is 44.7 Å². The van der Waals surface area contributed by atoms with Crippen molar-refractivity contribution in [3.8, 4) is 5.75 Å². The number of carbonyl (C=O) groups excluding carboxylic acids is 2. The van der Waals surface area contributed by atoms with Gasteiger partial charge in [0.1, 0.15) is 18.3 Å². The van der Waals surface area contributed by atoms with Gasteiger partial charge in [0.05, 0.1) is 17.7 Å². The molecule has 39 heavy (non-hydrogen) atoms. The number of ether oxygens (including phenoxy) is 1. The average molecular weight is 572 g/mol. The molecule has 1 atom stereocenters. The molecule has 0 aliphatic heterocycles. The summed E-state index contributed by atoms with van der Waals surface area (Å²) >= 11 is 6.20. The fourth-order valence-corrected chi connectivity index (χ4v) is 5.57. The average Bonchev–Trinajstić information content (AvgIpc) is 2.93. The molecule has 0 aromatic heterocycles. The first-order chi connectivity index (χ1) is 18.6. The van der Waals surface area contributed by atoms with Gasteiger partial charge in [0.25, 0.3) is 10.0 Å². The molecule has 3 aromatic rings. The van der Waals surface area contributed by atoms with Crippen LogP contribution in [0.3, 0.4) is 0 Å². The van der Waals surface area contributed by atoms with E-state index in [0.717, 1.165) is 21.9 Å². The minimum atomic E-state index is -4.19. The summed E-state index contributed by atoms with van der Waals surface area (Å²) in [7, 11) is -2.71. The van der Waals surface area contributed by atoms with Gasteiger partial charge in [-0.2, -0.15) is 0 Å². The molecule has 0 spiro atoms. The number of anilines is 1. The van der Waals surface area contributed by atoms with Crippen LogP contribution in [0.4, 0.5) is 5.69 Å². The minimum absolute atomic E-state index is 0.0183. The molecule has 0 bridgehead atoms. The molecule has 2 amide bonds. The van der Waals surface area contributed by atoms with Gasteiger partial charge in [-0.25, -0.2) is 8.42 Å². The van der Waals surface area contributed by atoms with E-state index >= 15 is 0 Å².